The molecular formula is C9H11BrO6S. The second-order valence-electron chi connectivity index (χ2n) is 3.11. The molecule has 1 rings (SSSR count). The summed E-state index contributed by atoms with van der Waals surface area (Å²) in [6, 6.07) is 4.00. The fourth-order valence-electron chi connectivity index (χ4n) is 1.07. The SMILES string of the molecule is O=S(=O)(CCBr)Oc1ccc(COO)cc1O. The van der Waals surface area contributed by atoms with E-state index < -0.39 is 10.1 Å². The molecule has 0 spiro atoms. The van der Waals surface area contributed by atoms with Crippen molar-refractivity contribution in [2.45, 2.75) is 6.61 Å². The van der Waals surface area contributed by atoms with E-state index in [-0.39, 0.29) is 29.2 Å². The molecule has 1 aromatic rings. The van der Waals surface area contributed by atoms with Crippen LogP contribution in [0.5, 0.6) is 11.5 Å². The molecule has 0 aliphatic carbocycles. The van der Waals surface area contributed by atoms with E-state index in [1.165, 1.54) is 18.2 Å². The number of phenolic OH excluding ortho intramolecular Hbond substituents is 1. The van der Waals surface area contributed by atoms with Crippen molar-refractivity contribution in [1.29, 1.82) is 0 Å². The van der Waals surface area contributed by atoms with Crippen molar-refractivity contribution in [3.8, 4) is 11.5 Å². The van der Waals surface area contributed by atoms with Gasteiger partial charge in [0.25, 0.3) is 0 Å². The van der Waals surface area contributed by atoms with Crippen molar-refractivity contribution in [2.24, 2.45) is 0 Å². The van der Waals surface area contributed by atoms with E-state index in [2.05, 4.69) is 20.8 Å². The van der Waals surface area contributed by atoms with E-state index in [0.29, 0.717) is 5.56 Å². The van der Waals surface area contributed by atoms with Crippen LogP contribution in [0.3, 0.4) is 0 Å². The second kappa shape index (κ2) is 6.20. The van der Waals surface area contributed by atoms with Crippen molar-refractivity contribution in [3.05, 3.63) is 23.8 Å². The fourth-order valence-corrected chi connectivity index (χ4v) is 2.95. The first kappa shape index (κ1) is 14.2. The van der Waals surface area contributed by atoms with E-state index in [9.17, 15) is 13.5 Å². The van der Waals surface area contributed by atoms with Crippen LogP contribution in [-0.2, 0) is 21.6 Å². The van der Waals surface area contributed by atoms with E-state index in [4.69, 9.17) is 9.44 Å². The smallest absolute Gasteiger partial charge is 0.310 e. The van der Waals surface area contributed by atoms with Gasteiger partial charge in [-0.05, 0) is 17.7 Å². The number of phenols is 1. The summed E-state index contributed by atoms with van der Waals surface area (Å²) in [5.41, 5.74) is 0.482. The molecular weight excluding hydrogens is 316 g/mol. The number of hydrogen-bond acceptors (Lipinski definition) is 6. The van der Waals surface area contributed by atoms with Crippen molar-refractivity contribution in [1.82, 2.24) is 0 Å². The predicted molar refractivity (Wildman–Crippen MR) is 63.7 cm³/mol. The minimum atomic E-state index is -3.72. The summed E-state index contributed by atoms with van der Waals surface area (Å²) in [5.74, 6) is -0.696. The summed E-state index contributed by atoms with van der Waals surface area (Å²) in [7, 11) is -3.72. The molecule has 0 aliphatic rings. The lowest BCUT2D eigenvalue weighted by atomic mass is 10.2. The Hall–Kier alpha value is -0.830. The van der Waals surface area contributed by atoms with Gasteiger partial charge in [-0.2, -0.15) is 8.42 Å². The van der Waals surface area contributed by atoms with Gasteiger partial charge in [0.2, 0.25) is 0 Å². The molecule has 0 fully saturated rings. The molecule has 6 nitrogen and oxygen atoms in total. The standard InChI is InChI=1S/C9H11BrO6S/c10-3-4-17(13,14)16-9-2-1-7(6-15-12)5-8(9)11/h1-2,5,11-12H,3-4,6H2. The van der Waals surface area contributed by atoms with E-state index in [1.807, 2.05) is 0 Å². The Bertz CT molecular complexity index is 472. The first-order valence-electron chi connectivity index (χ1n) is 4.55. The Morgan fingerprint density at radius 2 is 2.06 bits per heavy atom. The Labute approximate surface area is 107 Å². The highest BCUT2D eigenvalue weighted by Crippen LogP contribution is 2.28. The van der Waals surface area contributed by atoms with Crippen LogP contribution in [0.25, 0.3) is 0 Å². The van der Waals surface area contributed by atoms with E-state index in [0.717, 1.165) is 0 Å². The third-order valence-electron chi connectivity index (χ3n) is 1.80. The number of alkyl halides is 1. The fraction of sp³-hybridized carbons (Fsp3) is 0.333. The van der Waals surface area contributed by atoms with Crippen LogP contribution in [0, 0.1) is 0 Å². The summed E-state index contributed by atoms with van der Waals surface area (Å²) in [6.07, 6.45) is 0. The highest BCUT2D eigenvalue weighted by atomic mass is 79.9. The van der Waals surface area contributed by atoms with Crippen LogP contribution in [-0.4, -0.2) is 29.9 Å². The number of benzene rings is 1. The average Bonchev–Trinajstić information content (AvgIpc) is 2.22. The lowest BCUT2D eigenvalue weighted by molar-refractivity contribution is -0.253. The molecule has 0 heterocycles. The highest BCUT2D eigenvalue weighted by Gasteiger charge is 2.14. The molecule has 2 N–H and O–H groups in total. The molecule has 96 valence electrons. The van der Waals surface area contributed by atoms with Crippen LogP contribution in [0.15, 0.2) is 18.2 Å². The van der Waals surface area contributed by atoms with Gasteiger partial charge in [0.05, 0.1) is 5.75 Å². The molecule has 1 aromatic carbocycles. The van der Waals surface area contributed by atoms with Crippen LogP contribution < -0.4 is 4.18 Å². The summed E-state index contributed by atoms with van der Waals surface area (Å²) < 4.78 is 27.4. The lowest BCUT2D eigenvalue weighted by Crippen LogP contribution is -2.14. The van der Waals surface area contributed by atoms with Crippen molar-refractivity contribution in [3.63, 3.8) is 0 Å². The monoisotopic (exact) mass is 326 g/mol. The minimum Gasteiger partial charge on any atom is -0.504 e. The molecule has 8 heteroatoms. The topological polar surface area (TPSA) is 93.1 Å². The molecule has 0 amide bonds. The number of rotatable bonds is 6. The Kier molecular flexibility index (Phi) is 5.19. The molecule has 0 saturated heterocycles. The van der Waals surface area contributed by atoms with Gasteiger partial charge in [0, 0.05) is 5.33 Å². The molecule has 0 saturated carbocycles. The summed E-state index contributed by atoms with van der Waals surface area (Å²) >= 11 is 2.98. The van der Waals surface area contributed by atoms with Gasteiger partial charge < -0.3 is 9.29 Å². The first-order chi connectivity index (χ1) is 7.98. The highest BCUT2D eigenvalue weighted by molar-refractivity contribution is 9.09. The van der Waals surface area contributed by atoms with Gasteiger partial charge >= 0.3 is 10.1 Å². The quantitative estimate of drug-likeness (QED) is 0.356. The van der Waals surface area contributed by atoms with Gasteiger partial charge in [0.15, 0.2) is 11.5 Å². The zero-order chi connectivity index (χ0) is 12.9. The molecule has 17 heavy (non-hydrogen) atoms. The molecule has 0 unspecified atom stereocenters. The Morgan fingerprint density at radius 3 is 2.59 bits per heavy atom. The molecule has 0 radical (unpaired) electrons. The molecule has 0 atom stereocenters. The van der Waals surface area contributed by atoms with Gasteiger partial charge in [0.1, 0.15) is 6.61 Å². The third-order valence-corrected chi connectivity index (χ3v) is 3.86. The molecule has 0 aliphatic heterocycles. The van der Waals surface area contributed by atoms with Crippen molar-refractivity contribution in [2.75, 3.05) is 11.1 Å². The summed E-state index contributed by atoms with van der Waals surface area (Å²) in [6.45, 7) is -0.109. The molecule has 0 aromatic heterocycles. The maximum Gasteiger partial charge on any atom is 0.310 e. The van der Waals surface area contributed by atoms with Crippen LogP contribution in [0.2, 0.25) is 0 Å². The maximum absolute atomic E-state index is 11.3. The number of hydrogen-bond donors (Lipinski definition) is 2. The van der Waals surface area contributed by atoms with Gasteiger partial charge in [-0.3, -0.25) is 5.26 Å². The number of aromatic hydroxyl groups is 1. The first-order valence-corrected chi connectivity index (χ1v) is 7.25. The van der Waals surface area contributed by atoms with Crippen LogP contribution >= 0.6 is 15.9 Å². The minimum absolute atomic E-state index is 0.109. The van der Waals surface area contributed by atoms with Crippen molar-refractivity contribution < 1.29 is 27.9 Å². The zero-order valence-corrected chi connectivity index (χ0v) is 11.1. The van der Waals surface area contributed by atoms with E-state index >= 15 is 0 Å². The van der Waals surface area contributed by atoms with Gasteiger partial charge in [-0.15, -0.1) is 0 Å². The predicted octanol–water partition coefficient (Wildman–Crippen LogP) is 1.49. The lowest BCUT2D eigenvalue weighted by Gasteiger charge is -2.08. The number of halogens is 1. The second-order valence-corrected chi connectivity index (χ2v) is 5.59. The Morgan fingerprint density at radius 1 is 1.35 bits per heavy atom. The largest absolute Gasteiger partial charge is 0.504 e. The summed E-state index contributed by atoms with van der Waals surface area (Å²) in [5, 5.41) is 18.0. The van der Waals surface area contributed by atoms with E-state index in [1.54, 1.807) is 0 Å². The van der Waals surface area contributed by atoms with Crippen LogP contribution in [0.4, 0.5) is 0 Å². The Balaban J connectivity index is 2.86. The third kappa shape index (κ3) is 4.50. The normalized spacial score (nSPS) is 11.4. The summed E-state index contributed by atoms with van der Waals surface area (Å²) in [4.78, 5) is 3.89. The van der Waals surface area contributed by atoms with Gasteiger partial charge in [-0.25, -0.2) is 4.89 Å². The molecule has 0 bridgehead atoms. The average molecular weight is 327 g/mol. The maximum atomic E-state index is 11.3. The van der Waals surface area contributed by atoms with Gasteiger partial charge in [-0.1, -0.05) is 22.0 Å². The van der Waals surface area contributed by atoms with Crippen molar-refractivity contribution >= 4 is 26.0 Å². The zero-order valence-electron chi connectivity index (χ0n) is 8.67. The van der Waals surface area contributed by atoms with Crippen LogP contribution in [0.1, 0.15) is 5.56 Å².